The van der Waals surface area contributed by atoms with Gasteiger partial charge in [0.25, 0.3) is 0 Å². The largest absolute Gasteiger partial charge is 0.483 e. The molecule has 3 atom stereocenters. The molecule has 2 heterocycles. The molecule has 5 rings (SSSR count). The molecule has 7 heteroatoms. The van der Waals surface area contributed by atoms with Gasteiger partial charge in [-0.1, -0.05) is 41.1 Å². The highest BCUT2D eigenvalue weighted by molar-refractivity contribution is 6.31. The van der Waals surface area contributed by atoms with Crippen LogP contribution < -0.4 is 4.74 Å². The molecular weight excluding hydrogens is 374 g/mol. The normalized spacial score (nSPS) is 19.5. The van der Waals surface area contributed by atoms with Gasteiger partial charge in [-0.05, 0) is 55.2 Å². The second-order valence-corrected chi connectivity index (χ2v) is 7.56. The fourth-order valence-electron chi connectivity index (χ4n) is 3.62. The number of H-pyrrole nitrogens is 1. The molecule has 1 N–H and O–H groups in total. The summed E-state index contributed by atoms with van der Waals surface area (Å²) in [5, 5.41) is 15.8. The maximum Gasteiger partial charge on any atom is 0.214 e. The van der Waals surface area contributed by atoms with Gasteiger partial charge >= 0.3 is 0 Å². The molecule has 4 aromatic rings. The smallest absolute Gasteiger partial charge is 0.214 e. The number of halogens is 1. The van der Waals surface area contributed by atoms with E-state index in [1.54, 1.807) is 0 Å². The zero-order valence-corrected chi connectivity index (χ0v) is 16.0. The average Bonchev–Trinajstić information content (AvgIpc) is 3.31. The summed E-state index contributed by atoms with van der Waals surface area (Å²) in [5.41, 5.74) is 3.32. The van der Waals surface area contributed by atoms with Gasteiger partial charge in [0, 0.05) is 22.0 Å². The molecule has 0 bridgehead atoms. The number of hydrogen-bond acceptors (Lipinski definition) is 5. The first-order valence-electron chi connectivity index (χ1n) is 9.23. The van der Waals surface area contributed by atoms with Crippen LogP contribution in [0.15, 0.2) is 54.6 Å². The maximum absolute atomic E-state index is 6.12. The van der Waals surface area contributed by atoms with Crippen molar-refractivity contribution in [3.8, 4) is 5.75 Å². The van der Waals surface area contributed by atoms with Crippen LogP contribution in [0.5, 0.6) is 5.75 Å². The monoisotopic (exact) mass is 391 g/mol. The maximum atomic E-state index is 6.12. The molecule has 0 radical (unpaired) electrons. The Labute approximate surface area is 166 Å². The number of aromatic nitrogens is 5. The molecule has 0 aliphatic heterocycles. The lowest BCUT2D eigenvalue weighted by Gasteiger charge is -2.12. The highest BCUT2D eigenvalue weighted by atomic mass is 35.5. The minimum atomic E-state index is -0.268. The first-order chi connectivity index (χ1) is 13.7. The number of ether oxygens (including phenoxy) is 1. The Balaban J connectivity index is 1.34. The Morgan fingerprint density at radius 3 is 2.86 bits per heavy atom. The number of aromatic amines is 1. The average molecular weight is 392 g/mol. The Bertz CT molecular complexity index is 1130. The molecule has 0 saturated heterocycles. The van der Waals surface area contributed by atoms with Crippen molar-refractivity contribution in [3.63, 3.8) is 0 Å². The molecule has 2 aromatic carbocycles. The Morgan fingerprint density at radius 2 is 2.00 bits per heavy atom. The summed E-state index contributed by atoms with van der Waals surface area (Å²) >= 11 is 6.12. The second kappa shape index (κ2) is 6.87. The highest BCUT2D eigenvalue weighted by Gasteiger charge is 2.40. The van der Waals surface area contributed by atoms with Crippen LogP contribution in [0.3, 0.4) is 0 Å². The fraction of sp³-hybridized carbons (Fsp3) is 0.238. The van der Waals surface area contributed by atoms with Crippen LogP contribution in [-0.2, 0) is 0 Å². The number of rotatable bonds is 5. The number of pyridine rings is 1. The Kier molecular flexibility index (Phi) is 4.20. The van der Waals surface area contributed by atoms with Crippen LogP contribution in [0.25, 0.3) is 10.9 Å². The fourth-order valence-corrected chi connectivity index (χ4v) is 3.79. The molecule has 0 spiro atoms. The quantitative estimate of drug-likeness (QED) is 0.528. The van der Waals surface area contributed by atoms with Crippen molar-refractivity contribution in [1.29, 1.82) is 0 Å². The van der Waals surface area contributed by atoms with Gasteiger partial charge in [-0.3, -0.25) is 4.98 Å². The van der Waals surface area contributed by atoms with Crippen LogP contribution in [0, 0.1) is 0 Å². The summed E-state index contributed by atoms with van der Waals surface area (Å²) in [4.78, 5) is 4.84. The number of tetrazole rings is 1. The van der Waals surface area contributed by atoms with Gasteiger partial charge in [-0.25, -0.2) is 0 Å². The van der Waals surface area contributed by atoms with Crippen molar-refractivity contribution in [2.45, 2.75) is 31.3 Å². The van der Waals surface area contributed by atoms with E-state index in [0.29, 0.717) is 22.7 Å². The zero-order chi connectivity index (χ0) is 19.1. The molecule has 0 amide bonds. The third-order valence-electron chi connectivity index (χ3n) is 5.17. The van der Waals surface area contributed by atoms with Gasteiger partial charge in [-0.2, -0.15) is 5.21 Å². The molecule has 140 valence electrons. The summed E-state index contributed by atoms with van der Waals surface area (Å²) in [6.07, 6.45) is 0.819. The summed E-state index contributed by atoms with van der Waals surface area (Å²) in [6.45, 7) is 1.90. The van der Waals surface area contributed by atoms with Crippen molar-refractivity contribution in [2.75, 3.05) is 0 Å². The number of benzene rings is 2. The molecule has 1 saturated carbocycles. The van der Waals surface area contributed by atoms with E-state index in [1.165, 1.54) is 5.56 Å². The summed E-state index contributed by atoms with van der Waals surface area (Å²) < 4.78 is 5.97. The van der Waals surface area contributed by atoms with E-state index >= 15 is 0 Å². The van der Waals surface area contributed by atoms with E-state index in [0.717, 1.165) is 28.8 Å². The van der Waals surface area contributed by atoms with E-state index in [4.69, 9.17) is 21.3 Å². The topological polar surface area (TPSA) is 76.6 Å². The van der Waals surface area contributed by atoms with Gasteiger partial charge in [0.15, 0.2) is 6.10 Å². The lowest BCUT2D eigenvalue weighted by atomic mass is 10.1. The Morgan fingerprint density at radius 1 is 1.11 bits per heavy atom. The molecule has 3 unspecified atom stereocenters. The highest BCUT2D eigenvalue weighted by Crippen LogP contribution is 2.54. The minimum absolute atomic E-state index is 0.268. The first kappa shape index (κ1) is 17.1. The van der Waals surface area contributed by atoms with E-state index in [1.807, 2.05) is 37.3 Å². The van der Waals surface area contributed by atoms with Gasteiger partial charge in [-0.15, -0.1) is 10.2 Å². The van der Waals surface area contributed by atoms with Crippen LogP contribution >= 0.6 is 11.6 Å². The lowest BCUT2D eigenvalue weighted by molar-refractivity contribution is 0.216. The van der Waals surface area contributed by atoms with E-state index < -0.39 is 0 Å². The number of nitrogens with one attached hydrogen (secondary N) is 1. The number of hydrogen-bond donors (Lipinski definition) is 1. The summed E-state index contributed by atoms with van der Waals surface area (Å²) in [5.74, 6) is 2.22. The molecule has 6 nitrogen and oxygen atoms in total. The van der Waals surface area contributed by atoms with Crippen molar-refractivity contribution >= 4 is 22.5 Å². The van der Waals surface area contributed by atoms with Crippen molar-refractivity contribution in [2.24, 2.45) is 0 Å². The van der Waals surface area contributed by atoms with Gasteiger partial charge in [0.05, 0.1) is 5.52 Å². The predicted octanol–water partition coefficient (Wildman–Crippen LogP) is 4.81. The van der Waals surface area contributed by atoms with Crippen molar-refractivity contribution < 1.29 is 4.74 Å². The van der Waals surface area contributed by atoms with Crippen LogP contribution in [0.2, 0.25) is 5.02 Å². The molecule has 2 aromatic heterocycles. The lowest BCUT2D eigenvalue weighted by Crippen LogP contribution is -2.05. The molecule has 28 heavy (non-hydrogen) atoms. The molecule has 1 aliphatic rings. The minimum Gasteiger partial charge on any atom is -0.483 e. The van der Waals surface area contributed by atoms with Crippen LogP contribution in [0.1, 0.15) is 48.4 Å². The van der Waals surface area contributed by atoms with Crippen LogP contribution in [-0.4, -0.2) is 25.6 Å². The second-order valence-electron chi connectivity index (χ2n) is 7.12. The van der Waals surface area contributed by atoms with Gasteiger partial charge in [0.1, 0.15) is 5.75 Å². The van der Waals surface area contributed by atoms with E-state index in [2.05, 4.69) is 44.9 Å². The van der Waals surface area contributed by atoms with Crippen molar-refractivity contribution in [1.82, 2.24) is 25.6 Å². The zero-order valence-electron chi connectivity index (χ0n) is 15.2. The number of nitrogens with zero attached hydrogens (tertiary/aromatic N) is 4. The SMILES string of the molecule is CC(Oc1cccc(C2CC2c2ccc3ccc(Cl)cc3n2)c1)c1nn[nH]n1. The standard InChI is InChI=1S/C21H18ClN5O/c1-12(21-24-26-27-25-21)28-16-4-2-3-14(9-16)17-11-18(17)19-8-6-13-5-7-15(22)10-20(13)23-19/h2-10,12,17-18H,11H2,1H3,(H,24,25,26,27). The summed E-state index contributed by atoms with van der Waals surface area (Å²) in [6, 6.07) is 18.3. The third kappa shape index (κ3) is 3.31. The molecule has 1 fully saturated rings. The van der Waals surface area contributed by atoms with Crippen LogP contribution in [0.4, 0.5) is 0 Å². The Hall–Kier alpha value is -2.99. The van der Waals surface area contributed by atoms with Crippen molar-refractivity contribution in [3.05, 3.63) is 76.7 Å². The molecular formula is C21H18ClN5O. The molecule has 1 aliphatic carbocycles. The van der Waals surface area contributed by atoms with Gasteiger partial charge in [0.2, 0.25) is 5.82 Å². The van der Waals surface area contributed by atoms with Gasteiger partial charge < -0.3 is 4.74 Å². The van der Waals surface area contributed by atoms with E-state index in [9.17, 15) is 0 Å². The third-order valence-corrected chi connectivity index (χ3v) is 5.41. The number of fused-ring (bicyclic) bond motifs is 1. The van der Waals surface area contributed by atoms with E-state index in [-0.39, 0.29) is 6.10 Å². The summed E-state index contributed by atoms with van der Waals surface area (Å²) in [7, 11) is 0. The predicted molar refractivity (Wildman–Crippen MR) is 107 cm³/mol. The first-order valence-corrected chi connectivity index (χ1v) is 9.61.